The summed E-state index contributed by atoms with van der Waals surface area (Å²) in [4.78, 5) is 25.5. The molecule has 182 valence electrons. The number of ether oxygens (including phenoxy) is 1. The Morgan fingerprint density at radius 1 is 1.11 bits per heavy atom. The Bertz CT molecular complexity index is 1710. The van der Waals surface area contributed by atoms with Crippen molar-refractivity contribution in [2.45, 2.75) is 6.04 Å². The number of nitrogens with one attached hydrogen (secondary N) is 2. The Morgan fingerprint density at radius 3 is 2.94 bits per heavy atom. The van der Waals surface area contributed by atoms with Crippen LogP contribution in [0.15, 0.2) is 47.5 Å². The molecule has 2 aromatic carbocycles. The maximum Gasteiger partial charge on any atom is 0.272 e. The minimum absolute atomic E-state index is 0.0725. The van der Waals surface area contributed by atoms with Gasteiger partial charge in [0, 0.05) is 59.8 Å². The van der Waals surface area contributed by atoms with Gasteiger partial charge in [0.25, 0.3) is 5.56 Å². The van der Waals surface area contributed by atoms with Gasteiger partial charge in [0.2, 0.25) is 0 Å². The van der Waals surface area contributed by atoms with Gasteiger partial charge in [-0.05, 0) is 29.8 Å². The zero-order valence-electron chi connectivity index (χ0n) is 19.4. The standard InChI is InChI=1S/C26H24FN7O2/c27-19-4-3-15(18-11-30-32-23(18)19)21-17-10-20(34-7-6-33-8-9-36-13-14(33)12-34)16-2-1-5-29-24(16)25(17)31-26(35)22(21)28/h1-5,10-11,14H,6-9,12-13,28H2,(H,30,32)(H,31,35)/t14-/m1/s1. The zero-order chi connectivity index (χ0) is 24.4. The van der Waals surface area contributed by atoms with Gasteiger partial charge >= 0.3 is 0 Å². The monoisotopic (exact) mass is 485 g/mol. The number of nitrogen functional groups attached to an aromatic ring is 1. The largest absolute Gasteiger partial charge is 0.394 e. The predicted octanol–water partition coefficient (Wildman–Crippen LogP) is 2.86. The van der Waals surface area contributed by atoms with Crippen LogP contribution in [0, 0.1) is 5.82 Å². The van der Waals surface area contributed by atoms with Gasteiger partial charge in [-0.1, -0.05) is 6.07 Å². The third kappa shape index (κ3) is 3.11. The van der Waals surface area contributed by atoms with Gasteiger partial charge in [0.05, 0.1) is 36.5 Å². The first kappa shape index (κ1) is 21.3. The lowest BCUT2D eigenvalue weighted by atomic mass is 9.94. The minimum Gasteiger partial charge on any atom is -0.394 e. The third-order valence-electron chi connectivity index (χ3n) is 7.51. The molecule has 0 spiro atoms. The van der Waals surface area contributed by atoms with Gasteiger partial charge in [-0.3, -0.25) is 19.8 Å². The van der Waals surface area contributed by atoms with E-state index in [1.54, 1.807) is 18.5 Å². The van der Waals surface area contributed by atoms with Crippen LogP contribution in [0.2, 0.25) is 0 Å². The van der Waals surface area contributed by atoms with Crippen LogP contribution in [0.1, 0.15) is 0 Å². The molecule has 0 unspecified atom stereocenters. The van der Waals surface area contributed by atoms with Crippen LogP contribution in [-0.2, 0) is 4.74 Å². The van der Waals surface area contributed by atoms with Gasteiger partial charge in [-0.2, -0.15) is 5.10 Å². The van der Waals surface area contributed by atoms with E-state index in [1.807, 2.05) is 12.1 Å². The molecule has 4 N–H and O–H groups in total. The van der Waals surface area contributed by atoms with Crippen molar-refractivity contribution in [3.8, 4) is 11.1 Å². The molecule has 9 nitrogen and oxygen atoms in total. The number of hydrogen-bond donors (Lipinski definition) is 3. The molecule has 36 heavy (non-hydrogen) atoms. The summed E-state index contributed by atoms with van der Waals surface area (Å²) in [6.07, 6.45) is 3.28. The molecule has 2 aliphatic rings. The van der Waals surface area contributed by atoms with Crippen molar-refractivity contribution < 1.29 is 9.13 Å². The van der Waals surface area contributed by atoms with E-state index < -0.39 is 11.4 Å². The molecule has 2 fully saturated rings. The fourth-order valence-corrected chi connectivity index (χ4v) is 5.73. The van der Waals surface area contributed by atoms with E-state index in [9.17, 15) is 9.18 Å². The van der Waals surface area contributed by atoms with E-state index >= 15 is 0 Å². The number of hydrogen-bond acceptors (Lipinski definition) is 7. The molecule has 0 aliphatic carbocycles. The number of morpholine rings is 1. The number of rotatable bonds is 2. The van der Waals surface area contributed by atoms with Crippen LogP contribution in [0.25, 0.3) is 43.8 Å². The number of anilines is 2. The molecule has 5 aromatic rings. The first-order chi connectivity index (χ1) is 17.6. The van der Waals surface area contributed by atoms with Gasteiger partial charge < -0.3 is 20.4 Å². The van der Waals surface area contributed by atoms with Crippen LogP contribution < -0.4 is 16.2 Å². The number of nitrogens with two attached hydrogens (primary N) is 1. The molecule has 3 aromatic heterocycles. The fraction of sp³-hybridized carbons (Fsp3) is 0.269. The molecule has 10 heteroatoms. The first-order valence-electron chi connectivity index (χ1n) is 12.0. The maximum atomic E-state index is 14.5. The Morgan fingerprint density at radius 2 is 2.03 bits per heavy atom. The lowest BCUT2D eigenvalue weighted by Crippen LogP contribution is -2.58. The van der Waals surface area contributed by atoms with Gasteiger partial charge in [-0.15, -0.1) is 0 Å². The first-order valence-corrected chi connectivity index (χ1v) is 12.0. The van der Waals surface area contributed by atoms with Crippen LogP contribution in [0.4, 0.5) is 15.8 Å². The van der Waals surface area contributed by atoms with Crippen LogP contribution in [-0.4, -0.2) is 70.5 Å². The molecule has 2 aliphatic heterocycles. The molecular weight excluding hydrogens is 461 g/mol. The second kappa shape index (κ2) is 8.00. The molecule has 0 saturated carbocycles. The highest BCUT2D eigenvalue weighted by Crippen LogP contribution is 2.41. The third-order valence-corrected chi connectivity index (χ3v) is 7.51. The highest BCUT2D eigenvalue weighted by Gasteiger charge is 2.31. The predicted molar refractivity (Wildman–Crippen MR) is 138 cm³/mol. The minimum atomic E-state index is -0.417. The molecule has 0 bridgehead atoms. The number of pyridine rings is 2. The van der Waals surface area contributed by atoms with Gasteiger partial charge in [0.15, 0.2) is 0 Å². The topological polar surface area (TPSA) is 116 Å². The molecular formula is C26H24FN7O2. The number of aromatic nitrogens is 4. The van der Waals surface area contributed by atoms with Crippen molar-refractivity contribution in [2.24, 2.45) is 0 Å². The van der Waals surface area contributed by atoms with Crippen molar-refractivity contribution in [1.82, 2.24) is 25.1 Å². The summed E-state index contributed by atoms with van der Waals surface area (Å²) in [5.41, 5.74) is 9.85. The Balaban J connectivity index is 1.52. The summed E-state index contributed by atoms with van der Waals surface area (Å²) in [7, 11) is 0. The lowest BCUT2D eigenvalue weighted by molar-refractivity contribution is -0.0116. The highest BCUT2D eigenvalue weighted by atomic mass is 19.1. The Labute approximate surface area is 204 Å². The summed E-state index contributed by atoms with van der Waals surface area (Å²) in [6.45, 7) is 5.07. The Hall–Kier alpha value is -4.02. The Kier molecular flexibility index (Phi) is 4.73. The van der Waals surface area contributed by atoms with E-state index in [0.717, 1.165) is 49.2 Å². The lowest BCUT2D eigenvalue weighted by Gasteiger charge is -2.44. The average molecular weight is 486 g/mol. The zero-order valence-corrected chi connectivity index (χ0v) is 19.4. The van der Waals surface area contributed by atoms with Crippen molar-refractivity contribution in [3.05, 3.63) is 58.9 Å². The number of H-pyrrole nitrogens is 2. The van der Waals surface area contributed by atoms with Crippen molar-refractivity contribution >= 4 is 44.1 Å². The maximum absolute atomic E-state index is 14.5. The van der Waals surface area contributed by atoms with E-state index in [1.165, 1.54) is 6.07 Å². The smallest absolute Gasteiger partial charge is 0.272 e. The number of fused-ring (bicyclic) bond motifs is 5. The molecule has 0 radical (unpaired) electrons. The summed E-state index contributed by atoms with van der Waals surface area (Å²) >= 11 is 0. The SMILES string of the molecule is Nc1c(-c2ccc(F)c3[nH]ncc23)c2cc(N3CCN4CCOC[C@H]4C3)c3cccnc3c2[nH]c1=O. The van der Waals surface area contributed by atoms with E-state index in [4.69, 9.17) is 10.5 Å². The van der Waals surface area contributed by atoms with Crippen molar-refractivity contribution in [1.29, 1.82) is 0 Å². The van der Waals surface area contributed by atoms with Crippen LogP contribution in [0.5, 0.6) is 0 Å². The summed E-state index contributed by atoms with van der Waals surface area (Å²) in [5, 5.41) is 9.01. The number of nitrogens with zero attached hydrogens (tertiary/aromatic N) is 4. The van der Waals surface area contributed by atoms with Gasteiger partial charge in [0.1, 0.15) is 17.0 Å². The van der Waals surface area contributed by atoms with E-state index in [2.05, 4.69) is 36.0 Å². The van der Waals surface area contributed by atoms with E-state index in [0.29, 0.717) is 40.2 Å². The van der Waals surface area contributed by atoms with Crippen LogP contribution in [0.3, 0.4) is 0 Å². The second-order valence-electron chi connectivity index (χ2n) is 9.42. The quantitative estimate of drug-likeness (QED) is 0.329. The summed E-state index contributed by atoms with van der Waals surface area (Å²) < 4.78 is 20.2. The summed E-state index contributed by atoms with van der Waals surface area (Å²) in [6, 6.07) is 9.35. The molecule has 0 amide bonds. The number of aromatic amines is 2. The normalized spacial score (nSPS) is 18.8. The fourth-order valence-electron chi connectivity index (χ4n) is 5.73. The van der Waals surface area contributed by atoms with Crippen molar-refractivity contribution in [3.63, 3.8) is 0 Å². The number of benzene rings is 2. The average Bonchev–Trinajstić information content (AvgIpc) is 3.41. The molecule has 1 atom stereocenters. The van der Waals surface area contributed by atoms with Crippen molar-refractivity contribution in [2.75, 3.05) is 50.0 Å². The number of halogens is 1. The highest BCUT2D eigenvalue weighted by molar-refractivity contribution is 6.17. The second-order valence-corrected chi connectivity index (χ2v) is 9.42. The summed E-state index contributed by atoms with van der Waals surface area (Å²) in [5.74, 6) is -0.417. The number of piperazine rings is 1. The van der Waals surface area contributed by atoms with E-state index in [-0.39, 0.29) is 11.2 Å². The molecule has 7 rings (SSSR count). The molecule has 2 saturated heterocycles. The van der Waals surface area contributed by atoms with Gasteiger partial charge in [-0.25, -0.2) is 4.39 Å². The molecule has 5 heterocycles. The van der Waals surface area contributed by atoms with Crippen LogP contribution >= 0.6 is 0 Å².